The van der Waals surface area contributed by atoms with Crippen LogP contribution in [0.4, 0.5) is 5.69 Å². The van der Waals surface area contributed by atoms with Crippen molar-refractivity contribution < 1.29 is 22.7 Å². The fourth-order valence-corrected chi connectivity index (χ4v) is 5.32. The molecule has 0 atom stereocenters. The molecule has 0 bridgehead atoms. The van der Waals surface area contributed by atoms with Crippen molar-refractivity contribution in [3.63, 3.8) is 0 Å². The van der Waals surface area contributed by atoms with Gasteiger partial charge in [0.25, 0.3) is 10.0 Å². The highest BCUT2D eigenvalue weighted by molar-refractivity contribution is 7.92. The summed E-state index contributed by atoms with van der Waals surface area (Å²) in [5, 5.41) is 1.69. The molecule has 32 heavy (non-hydrogen) atoms. The number of fused-ring (bicyclic) bond motifs is 1. The third-order valence-corrected chi connectivity index (χ3v) is 7.28. The molecule has 0 amide bonds. The minimum absolute atomic E-state index is 0.115. The van der Waals surface area contributed by atoms with E-state index in [0.29, 0.717) is 11.5 Å². The Bertz CT molecular complexity index is 1260. The Hall–Kier alpha value is -2.68. The Kier molecular flexibility index (Phi) is 6.11. The molecule has 8 heteroatoms. The highest BCUT2D eigenvalue weighted by atomic mass is 32.2. The molecule has 0 fully saturated rings. The topological polar surface area (TPSA) is 81.7 Å². The molecule has 2 aromatic carbocycles. The van der Waals surface area contributed by atoms with Crippen LogP contribution in [0.15, 0.2) is 58.8 Å². The fourth-order valence-electron chi connectivity index (χ4n) is 3.37. The summed E-state index contributed by atoms with van der Waals surface area (Å²) in [7, 11) is -3.89. The third kappa shape index (κ3) is 5.03. The second kappa shape index (κ2) is 8.69. The Balaban J connectivity index is 1.56. The summed E-state index contributed by atoms with van der Waals surface area (Å²) in [5.41, 5.74) is 2.64. The largest absolute Gasteiger partial charge is 0.493 e. The van der Waals surface area contributed by atoms with Crippen molar-refractivity contribution in [3.8, 4) is 16.9 Å². The minimum Gasteiger partial charge on any atom is -0.493 e. The number of hydrogen-bond acceptors (Lipinski definition) is 6. The van der Waals surface area contributed by atoms with Crippen LogP contribution in [0, 0.1) is 0 Å². The van der Waals surface area contributed by atoms with Crippen molar-refractivity contribution >= 4 is 32.8 Å². The monoisotopic (exact) mass is 471 g/mol. The predicted molar refractivity (Wildman–Crippen MR) is 126 cm³/mol. The molecular formula is C24H25NO5S2. The van der Waals surface area contributed by atoms with Gasteiger partial charge in [-0.25, -0.2) is 8.42 Å². The molecule has 0 saturated heterocycles. The molecule has 0 radical (unpaired) electrons. The number of thiophene rings is 1. The van der Waals surface area contributed by atoms with Crippen LogP contribution >= 0.6 is 11.3 Å². The molecule has 0 spiro atoms. The van der Waals surface area contributed by atoms with E-state index < -0.39 is 15.6 Å². The van der Waals surface area contributed by atoms with E-state index in [0.717, 1.165) is 28.9 Å². The molecule has 4 rings (SSSR count). The standard InChI is InChI=1S/C24H25NO5S2/c1-24(2,3)30-15-21(26)23-20(10-12-31-23)25-32(27,28)19-6-4-5-16(14-19)17-7-8-22-18(13-17)9-11-29-22/h4-8,10,12-14,25H,9,11,15H2,1-3H3. The van der Waals surface area contributed by atoms with Crippen LogP contribution < -0.4 is 9.46 Å². The first-order chi connectivity index (χ1) is 15.1. The van der Waals surface area contributed by atoms with Gasteiger partial charge in [-0.2, -0.15) is 0 Å². The zero-order valence-electron chi connectivity index (χ0n) is 18.2. The van der Waals surface area contributed by atoms with Crippen LogP contribution in [0.1, 0.15) is 36.0 Å². The van der Waals surface area contributed by atoms with E-state index in [1.54, 1.807) is 29.6 Å². The highest BCUT2D eigenvalue weighted by Crippen LogP contribution is 2.32. The molecule has 1 N–H and O–H groups in total. The molecule has 1 aliphatic heterocycles. The first kappa shape index (κ1) is 22.5. The molecule has 168 valence electrons. The number of rotatable bonds is 7. The van der Waals surface area contributed by atoms with Crippen molar-refractivity contribution in [1.29, 1.82) is 0 Å². The van der Waals surface area contributed by atoms with Gasteiger partial charge >= 0.3 is 0 Å². The van der Waals surface area contributed by atoms with E-state index >= 15 is 0 Å². The van der Waals surface area contributed by atoms with E-state index in [9.17, 15) is 13.2 Å². The van der Waals surface area contributed by atoms with Gasteiger partial charge in [0, 0.05) is 6.42 Å². The van der Waals surface area contributed by atoms with Crippen molar-refractivity contribution in [2.24, 2.45) is 0 Å². The summed E-state index contributed by atoms with van der Waals surface area (Å²) in [6.45, 7) is 6.13. The first-order valence-electron chi connectivity index (χ1n) is 10.3. The lowest BCUT2D eigenvalue weighted by atomic mass is 10.0. The smallest absolute Gasteiger partial charge is 0.261 e. The number of Topliss-reactive ketones (excluding diaryl/α,β-unsaturated/α-hetero) is 1. The summed E-state index contributed by atoms with van der Waals surface area (Å²) in [6.07, 6.45) is 0.844. The highest BCUT2D eigenvalue weighted by Gasteiger charge is 2.22. The molecule has 1 aliphatic rings. The number of ether oxygens (including phenoxy) is 2. The van der Waals surface area contributed by atoms with E-state index in [1.807, 2.05) is 45.0 Å². The molecule has 0 unspecified atom stereocenters. The van der Waals surface area contributed by atoms with E-state index in [1.165, 1.54) is 11.3 Å². The van der Waals surface area contributed by atoms with Gasteiger partial charge < -0.3 is 9.47 Å². The quantitative estimate of drug-likeness (QED) is 0.482. The lowest BCUT2D eigenvalue weighted by Crippen LogP contribution is -2.24. The average Bonchev–Trinajstić information content (AvgIpc) is 3.40. The molecule has 0 aliphatic carbocycles. The van der Waals surface area contributed by atoms with Gasteiger partial charge in [0.15, 0.2) is 0 Å². The number of nitrogens with one attached hydrogen (secondary N) is 1. The maximum Gasteiger partial charge on any atom is 0.261 e. The Morgan fingerprint density at radius 2 is 1.91 bits per heavy atom. The van der Waals surface area contributed by atoms with E-state index in [4.69, 9.17) is 9.47 Å². The number of carbonyl (C=O) groups excluding carboxylic acids is 1. The van der Waals surface area contributed by atoms with Crippen molar-refractivity contribution in [2.75, 3.05) is 17.9 Å². The normalized spacial score (nSPS) is 13.5. The number of sulfonamides is 1. The zero-order valence-corrected chi connectivity index (χ0v) is 19.8. The van der Waals surface area contributed by atoms with Crippen LogP contribution in [-0.4, -0.2) is 33.0 Å². The number of anilines is 1. The second-order valence-corrected chi connectivity index (χ2v) is 11.1. The minimum atomic E-state index is -3.89. The van der Waals surface area contributed by atoms with E-state index in [-0.39, 0.29) is 23.0 Å². The van der Waals surface area contributed by atoms with Crippen LogP contribution in [0.3, 0.4) is 0 Å². The fraction of sp³-hybridized carbons (Fsp3) is 0.292. The molecular weight excluding hydrogens is 446 g/mol. The second-order valence-electron chi connectivity index (χ2n) is 8.54. The summed E-state index contributed by atoms with van der Waals surface area (Å²) in [6, 6.07) is 14.2. The number of hydrogen-bond donors (Lipinski definition) is 1. The molecule has 1 aromatic heterocycles. The predicted octanol–water partition coefficient (Wildman–Crippen LogP) is 5.15. The average molecular weight is 472 g/mol. The molecule has 3 aromatic rings. The van der Waals surface area contributed by atoms with Crippen molar-refractivity contribution in [1.82, 2.24) is 0 Å². The number of carbonyl (C=O) groups is 1. The van der Waals surface area contributed by atoms with Gasteiger partial charge in [-0.1, -0.05) is 18.2 Å². The summed E-state index contributed by atoms with van der Waals surface area (Å²) >= 11 is 1.19. The maximum absolute atomic E-state index is 13.1. The molecule has 6 nitrogen and oxygen atoms in total. The summed E-state index contributed by atoms with van der Waals surface area (Å²) < 4.78 is 39.9. The van der Waals surface area contributed by atoms with Crippen molar-refractivity contribution in [3.05, 3.63) is 64.4 Å². The van der Waals surface area contributed by atoms with Gasteiger partial charge in [0.05, 0.1) is 27.7 Å². The van der Waals surface area contributed by atoms with Gasteiger partial charge in [-0.15, -0.1) is 11.3 Å². The van der Waals surface area contributed by atoms with Crippen molar-refractivity contribution in [2.45, 2.75) is 37.7 Å². The maximum atomic E-state index is 13.1. The van der Waals surface area contributed by atoms with Crippen LogP contribution in [0.25, 0.3) is 11.1 Å². The van der Waals surface area contributed by atoms with E-state index in [2.05, 4.69) is 4.72 Å². The Morgan fingerprint density at radius 3 is 2.69 bits per heavy atom. The lowest BCUT2D eigenvalue weighted by Gasteiger charge is -2.18. The lowest BCUT2D eigenvalue weighted by molar-refractivity contribution is 0.00326. The first-order valence-corrected chi connectivity index (χ1v) is 12.6. The summed E-state index contributed by atoms with van der Waals surface area (Å²) in [5.74, 6) is 0.617. The number of benzene rings is 2. The Morgan fingerprint density at radius 1 is 1.12 bits per heavy atom. The SMILES string of the molecule is CC(C)(C)OCC(=O)c1sccc1NS(=O)(=O)c1cccc(-c2ccc3c(c2)CCO3)c1. The zero-order chi connectivity index (χ0) is 22.9. The van der Waals surface area contributed by atoms with Gasteiger partial charge in [0.1, 0.15) is 12.4 Å². The Labute approximate surface area is 192 Å². The number of ketones is 1. The molecule has 2 heterocycles. The molecule has 0 saturated carbocycles. The van der Waals surface area contributed by atoms with Gasteiger partial charge in [0.2, 0.25) is 5.78 Å². The van der Waals surface area contributed by atoms with Crippen LogP contribution in [0.2, 0.25) is 0 Å². The van der Waals surface area contributed by atoms with Crippen LogP contribution in [0.5, 0.6) is 5.75 Å². The van der Waals surface area contributed by atoms with Gasteiger partial charge in [-0.05, 0) is 73.2 Å². The van der Waals surface area contributed by atoms with Gasteiger partial charge in [-0.3, -0.25) is 9.52 Å². The van der Waals surface area contributed by atoms with Crippen LogP contribution in [-0.2, 0) is 21.2 Å². The summed E-state index contributed by atoms with van der Waals surface area (Å²) in [4.78, 5) is 13.0. The third-order valence-electron chi connectivity index (χ3n) is 4.97.